The van der Waals surface area contributed by atoms with E-state index in [0.29, 0.717) is 6.04 Å². The van der Waals surface area contributed by atoms with E-state index in [-0.39, 0.29) is 0 Å². The van der Waals surface area contributed by atoms with Crippen molar-refractivity contribution in [3.8, 4) is 0 Å². The van der Waals surface area contributed by atoms with Crippen molar-refractivity contribution in [1.29, 1.82) is 0 Å². The predicted octanol–water partition coefficient (Wildman–Crippen LogP) is 2.94. The average molecular weight is 181 g/mol. The highest BCUT2D eigenvalue weighted by atomic mass is 14.7. The summed E-state index contributed by atoms with van der Waals surface area (Å²) < 4.78 is 0. The molecule has 0 bridgehead atoms. The summed E-state index contributed by atoms with van der Waals surface area (Å²) in [4.78, 5) is 0. The Bertz CT molecular complexity index is 163. The molecule has 3 atom stereocenters. The topological polar surface area (TPSA) is 26.0 Å². The van der Waals surface area contributed by atoms with Gasteiger partial charge in [0, 0.05) is 6.04 Å². The molecule has 0 heterocycles. The SMILES string of the molecule is CCCC1CCC(N)C(C2CC2)C1. The Morgan fingerprint density at radius 3 is 2.54 bits per heavy atom. The maximum atomic E-state index is 6.18. The molecule has 1 heteroatoms. The second-order valence-corrected chi connectivity index (χ2v) is 5.13. The van der Waals surface area contributed by atoms with E-state index in [0.717, 1.165) is 17.8 Å². The van der Waals surface area contributed by atoms with Crippen molar-refractivity contribution in [2.24, 2.45) is 23.5 Å². The molecule has 76 valence electrons. The van der Waals surface area contributed by atoms with Crippen LogP contribution >= 0.6 is 0 Å². The summed E-state index contributed by atoms with van der Waals surface area (Å²) in [6.07, 6.45) is 9.88. The molecule has 2 aliphatic rings. The molecular weight excluding hydrogens is 158 g/mol. The van der Waals surface area contributed by atoms with Crippen molar-refractivity contribution in [3.05, 3.63) is 0 Å². The van der Waals surface area contributed by atoms with Crippen LogP contribution in [0.4, 0.5) is 0 Å². The van der Waals surface area contributed by atoms with Gasteiger partial charge in [0.2, 0.25) is 0 Å². The second-order valence-electron chi connectivity index (χ2n) is 5.13. The molecule has 2 saturated carbocycles. The van der Waals surface area contributed by atoms with Crippen molar-refractivity contribution >= 4 is 0 Å². The van der Waals surface area contributed by atoms with Crippen LogP contribution in [0.5, 0.6) is 0 Å². The van der Waals surface area contributed by atoms with Crippen molar-refractivity contribution in [2.45, 2.75) is 57.9 Å². The predicted molar refractivity (Wildman–Crippen MR) is 56.4 cm³/mol. The van der Waals surface area contributed by atoms with Crippen LogP contribution in [0.1, 0.15) is 51.9 Å². The molecule has 0 aromatic heterocycles. The van der Waals surface area contributed by atoms with Crippen LogP contribution in [0.3, 0.4) is 0 Å². The fourth-order valence-electron chi connectivity index (χ4n) is 3.06. The lowest BCUT2D eigenvalue weighted by atomic mass is 9.74. The Balaban J connectivity index is 1.85. The zero-order valence-electron chi connectivity index (χ0n) is 8.84. The van der Waals surface area contributed by atoms with Crippen LogP contribution in [0, 0.1) is 17.8 Å². The van der Waals surface area contributed by atoms with Gasteiger partial charge >= 0.3 is 0 Å². The fourth-order valence-corrected chi connectivity index (χ4v) is 3.06. The first-order valence-electron chi connectivity index (χ1n) is 6.06. The summed E-state index contributed by atoms with van der Waals surface area (Å²) in [7, 11) is 0. The van der Waals surface area contributed by atoms with E-state index in [1.54, 1.807) is 0 Å². The van der Waals surface area contributed by atoms with Crippen molar-refractivity contribution in [1.82, 2.24) is 0 Å². The van der Waals surface area contributed by atoms with E-state index in [1.807, 2.05) is 0 Å². The monoisotopic (exact) mass is 181 g/mol. The Hall–Kier alpha value is -0.0400. The van der Waals surface area contributed by atoms with Crippen LogP contribution in [0.25, 0.3) is 0 Å². The first-order valence-corrected chi connectivity index (χ1v) is 6.06. The molecule has 2 aliphatic carbocycles. The molecule has 2 N–H and O–H groups in total. The zero-order valence-corrected chi connectivity index (χ0v) is 8.84. The van der Waals surface area contributed by atoms with E-state index in [2.05, 4.69) is 6.92 Å². The van der Waals surface area contributed by atoms with Crippen molar-refractivity contribution < 1.29 is 0 Å². The first kappa shape index (κ1) is 9.51. The Labute approximate surface area is 82.1 Å². The van der Waals surface area contributed by atoms with E-state index in [1.165, 1.54) is 44.9 Å². The summed E-state index contributed by atoms with van der Waals surface area (Å²) in [5, 5.41) is 0. The first-order chi connectivity index (χ1) is 6.31. The highest BCUT2D eigenvalue weighted by Gasteiger charge is 2.38. The fraction of sp³-hybridized carbons (Fsp3) is 1.00. The van der Waals surface area contributed by atoms with Crippen LogP contribution in [0.2, 0.25) is 0 Å². The van der Waals surface area contributed by atoms with Gasteiger partial charge in [0.1, 0.15) is 0 Å². The van der Waals surface area contributed by atoms with E-state index in [4.69, 9.17) is 5.73 Å². The maximum absolute atomic E-state index is 6.18. The molecule has 2 rings (SSSR count). The molecule has 0 radical (unpaired) electrons. The van der Waals surface area contributed by atoms with Gasteiger partial charge < -0.3 is 5.73 Å². The van der Waals surface area contributed by atoms with Crippen LogP contribution in [-0.4, -0.2) is 6.04 Å². The van der Waals surface area contributed by atoms with E-state index < -0.39 is 0 Å². The van der Waals surface area contributed by atoms with Crippen LogP contribution < -0.4 is 5.73 Å². The molecular formula is C12H23N. The maximum Gasteiger partial charge on any atom is 0.00700 e. The van der Waals surface area contributed by atoms with Gasteiger partial charge in [-0.05, 0) is 49.9 Å². The van der Waals surface area contributed by atoms with Crippen LogP contribution in [-0.2, 0) is 0 Å². The molecule has 0 amide bonds. The minimum atomic E-state index is 0.542. The third-order valence-corrected chi connectivity index (χ3v) is 3.99. The molecule has 1 nitrogen and oxygen atoms in total. The van der Waals surface area contributed by atoms with Gasteiger partial charge in [-0.3, -0.25) is 0 Å². The third-order valence-electron chi connectivity index (χ3n) is 3.99. The lowest BCUT2D eigenvalue weighted by molar-refractivity contribution is 0.201. The number of rotatable bonds is 3. The summed E-state index contributed by atoms with van der Waals surface area (Å²) in [6.45, 7) is 2.31. The Morgan fingerprint density at radius 1 is 1.15 bits per heavy atom. The molecule has 0 aromatic carbocycles. The molecule has 2 fully saturated rings. The summed E-state index contributed by atoms with van der Waals surface area (Å²) in [5.74, 6) is 2.93. The quantitative estimate of drug-likeness (QED) is 0.711. The van der Waals surface area contributed by atoms with Gasteiger partial charge in [-0.25, -0.2) is 0 Å². The molecule has 0 saturated heterocycles. The highest BCUT2D eigenvalue weighted by molar-refractivity contribution is 4.91. The lowest BCUT2D eigenvalue weighted by Gasteiger charge is -2.34. The minimum absolute atomic E-state index is 0.542. The van der Waals surface area contributed by atoms with E-state index >= 15 is 0 Å². The van der Waals surface area contributed by atoms with Gasteiger partial charge in [-0.1, -0.05) is 19.8 Å². The third kappa shape index (κ3) is 2.25. The number of hydrogen-bond donors (Lipinski definition) is 1. The van der Waals surface area contributed by atoms with Crippen molar-refractivity contribution in [2.75, 3.05) is 0 Å². The number of nitrogens with two attached hydrogens (primary N) is 1. The molecule has 3 unspecified atom stereocenters. The second kappa shape index (κ2) is 4.00. The van der Waals surface area contributed by atoms with Gasteiger partial charge in [0.15, 0.2) is 0 Å². The van der Waals surface area contributed by atoms with Gasteiger partial charge in [0.25, 0.3) is 0 Å². The zero-order chi connectivity index (χ0) is 9.26. The summed E-state index contributed by atoms with van der Waals surface area (Å²) in [5.41, 5.74) is 6.18. The average Bonchev–Trinajstić information content (AvgIpc) is 2.92. The van der Waals surface area contributed by atoms with Crippen LogP contribution in [0.15, 0.2) is 0 Å². The Kier molecular flexibility index (Phi) is 2.92. The smallest absolute Gasteiger partial charge is 0.00700 e. The molecule has 13 heavy (non-hydrogen) atoms. The minimum Gasteiger partial charge on any atom is -0.327 e. The largest absolute Gasteiger partial charge is 0.327 e. The highest BCUT2D eigenvalue weighted by Crippen LogP contribution is 2.45. The molecule has 0 spiro atoms. The Morgan fingerprint density at radius 2 is 1.92 bits per heavy atom. The summed E-state index contributed by atoms with van der Waals surface area (Å²) in [6, 6.07) is 0.542. The van der Waals surface area contributed by atoms with Gasteiger partial charge in [0.05, 0.1) is 0 Å². The normalized spacial score (nSPS) is 40.6. The van der Waals surface area contributed by atoms with E-state index in [9.17, 15) is 0 Å². The van der Waals surface area contributed by atoms with Gasteiger partial charge in [-0.2, -0.15) is 0 Å². The lowest BCUT2D eigenvalue weighted by Crippen LogP contribution is -2.37. The standard InChI is InChI=1S/C12H23N/c1-2-3-9-4-7-12(13)11(8-9)10-5-6-10/h9-12H,2-8,13H2,1H3. The summed E-state index contributed by atoms with van der Waals surface area (Å²) >= 11 is 0. The molecule has 0 aliphatic heterocycles. The van der Waals surface area contributed by atoms with Gasteiger partial charge in [-0.15, -0.1) is 0 Å². The molecule has 0 aromatic rings. The number of hydrogen-bond acceptors (Lipinski definition) is 1. The van der Waals surface area contributed by atoms with Crippen molar-refractivity contribution in [3.63, 3.8) is 0 Å².